The van der Waals surface area contributed by atoms with E-state index in [1.807, 2.05) is 16.8 Å². The van der Waals surface area contributed by atoms with Crippen molar-refractivity contribution < 1.29 is 4.39 Å². The van der Waals surface area contributed by atoms with Crippen LogP contribution in [0.5, 0.6) is 0 Å². The molecule has 0 spiro atoms. The summed E-state index contributed by atoms with van der Waals surface area (Å²) in [4.78, 5) is 0. The van der Waals surface area contributed by atoms with Crippen molar-refractivity contribution in [2.75, 3.05) is 0 Å². The number of H-pyrrole nitrogens is 1. The lowest BCUT2D eigenvalue weighted by atomic mass is 9.93. The van der Waals surface area contributed by atoms with Gasteiger partial charge in [0.2, 0.25) is 0 Å². The third-order valence-electron chi connectivity index (χ3n) is 2.83. The lowest BCUT2D eigenvalue weighted by Gasteiger charge is -2.15. The van der Waals surface area contributed by atoms with Gasteiger partial charge >= 0.3 is 0 Å². The van der Waals surface area contributed by atoms with Gasteiger partial charge in [0.05, 0.1) is 6.54 Å². The zero-order valence-electron chi connectivity index (χ0n) is 10.8. The van der Waals surface area contributed by atoms with Gasteiger partial charge in [0.25, 0.3) is 0 Å². The largest absolute Gasteiger partial charge is 0.301 e. The molecule has 0 aliphatic carbocycles. The van der Waals surface area contributed by atoms with Gasteiger partial charge in [-0.3, -0.25) is 4.68 Å². The van der Waals surface area contributed by atoms with Crippen molar-refractivity contribution in [3.05, 3.63) is 52.0 Å². The normalized spacial score (nSPS) is 11.8. The second-order valence-electron chi connectivity index (χ2n) is 5.47. The Morgan fingerprint density at radius 3 is 2.56 bits per heavy atom. The number of hydrogen-bond acceptors (Lipinski definition) is 1. The van der Waals surface area contributed by atoms with Gasteiger partial charge in [0.1, 0.15) is 10.5 Å². The minimum absolute atomic E-state index is 0.0285. The maximum absolute atomic E-state index is 13.1. The van der Waals surface area contributed by atoms with Crippen LogP contribution in [0.25, 0.3) is 0 Å². The van der Waals surface area contributed by atoms with Crippen LogP contribution in [0.2, 0.25) is 0 Å². The van der Waals surface area contributed by atoms with E-state index in [1.165, 1.54) is 12.1 Å². The molecule has 0 aliphatic heterocycles. The molecule has 0 amide bonds. The first-order chi connectivity index (χ1) is 8.36. The maximum atomic E-state index is 13.1. The average Bonchev–Trinajstić information content (AvgIpc) is 2.60. The van der Waals surface area contributed by atoms with Crippen LogP contribution >= 0.6 is 12.2 Å². The molecule has 0 unspecified atom stereocenters. The van der Waals surface area contributed by atoms with Gasteiger partial charge in [-0.05, 0) is 23.8 Å². The lowest BCUT2D eigenvalue weighted by molar-refractivity contribution is 0.543. The molecule has 0 atom stereocenters. The third-order valence-corrected chi connectivity index (χ3v) is 3.17. The van der Waals surface area contributed by atoms with Gasteiger partial charge in [-0.25, -0.2) is 4.39 Å². The molecule has 1 N–H and O–H groups in total. The number of nitrogens with zero attached hydrogens (tertiary/aromatic N) is 1. The van der Waals surface area contributed by atoms with Gasteiger partial charge in [-0.2, -0.15) is 0 Å². The molecule has 2 rings (SSSR count). The first-order valence-corrected chi connectivity index (χ1v) is 6.32. The van der Waals surface area contributed by atoms with Gasteiger partial charge in [0, 0.05) is 11.1 Å². The third kappa shape index (κ3) is 2.88. The Bertz CT molecular complexity index is 605. The molecule has 0 saturated carbocycles. The Morgan fingerprint density at radius 1 is 1.28 bits per heavy atom. The summed E-state index contributed by atoms with van der Waals surface area (Å²) in [6, 6.07) is 8.54. The highest BCUT2D eigenvalue weighted by Gasteiger charge is 2.16. The number of aromatic nitrogens is 2. The average molecular weight is 264 g/mol. The first kappa shape index (κ1) is 13.0. The van der Waals surface area contributed by atoms with Crippen molar-refractivity contribution in [3.8, 4) is 0 Å². The van der Waals surface area contributed by atoms with E-state index in [0.717, 1.165) is 15.9 Å². The molecule has 0 saturated heterocycles. The van der Waals surface area contributed by atoms with Crippen LogP contribution in [0.15, 0.2) is 30.3 Å². The molecule has 0 fully saturated rings. The molecule has 2 aromatic rings. The zero-order valence-corrected chi connectivity index (χ0v) is 11.6. The molecular weight excluding hydrogens is 247 g/mol. The summed E-state index contributed by atoms with van der Waals surface area (Å²) in [6.45, 7) is 6.94. The summed E-state index contributed by atoms with van der Waals surface area (Å²) in [5.74, 6) is -0.221. The molecule has 0 radical (unpaired) electrons. The number of hydrogen-bond donors (Lipinski definition) is 1. The Balaban J connectivity index is 2.30. The van der Waals surface area contributed by atoms with Gasteiger partial charge in [0.15, 0.2) is 0 Å². The Morgan fingerprint density at radius 2 is 2.00 bits per heavy atom. The summed E-state index contributed by atoms with van der Waals surface area (Å²) >= 11 is 5.31. The Hall–Kier alpha value is -1.42. The van der Waals surface area contributed by atoms with Crippen molar-refractivity contribution in [1.82, 2.24) is 9.78 Å². The predicted molar refractivity (Wildman–Crippen MR) is 73.8 cm³/mol. The van der Waals surface area contributed by atoms with E-state index in [9.17, 15) is 4.39 Å². The van der Waals surface area contributed by atoms with Crippen molar-refractivity contribution in [2.24, 2.45) is 0 Å². The van der Waals surface area contributed by atoms with E-state index in [1.54, 1.807) is 6.07 Å². The number of nitrogens with one attached hydrogen (secondary N) is 1. The molecule has 1 aromatic carbocycles. The zero-order chi connectivity index (χ0) is 13.3. The van der Waals surface area contributed by atoms with Crippen LogP contribution < -0.4 is 0 Å². The van der Waals surface area contributed by atoms with Gasteiger partial charge in [-0.1, -0.05) is 45.1 Å². The number of rotatable bonds is 2. The highest BCUT2D eigenvalue weighted by Crippen LogP contribution is 2.20. The molecule has 2 nitrogen and oxygen atoms in total. The van der Waals surface area contributed by atoms with Crippen molar-refractivity contribution >= 4 is 12.2 Å². The lowest BCUT2D eigenvalue weighted by Crippen LogP contribution is -2.13. The van der Waals surface area contributed by atoms with Crippen LogP contribution in [-0.4, -0.2) is 9.78 Å². The van der Waals surface area contributed by atoms with E-state index in [0.29, 0.717) is 6.54 Å². The molecule has 96 valence electrons. The topological polar surface area (TPSA) is 20.7 Å². The highest BCUT2D eigenvalue weighted by molar-refractivity contribution is 7.71. The van der Waals surface area contributed by atoms with Gasteiger partial charge < -0.3 is 5.10 Å². The van der Waals surface area contributed by atoms with Crippen LogP contribution in [-0.2, 0) is 12.0 Å². The van der Waals surface area contributed by atoms with E-state index in [-0.39, 0.29) is 11.2 Å². The van der Waals surface area contributed by atoms with Crippen LogP contribution in [0, 0.1) is 10.5 Å². The standard InChI is InChI=1S/C14H17FN2S/c1-14(2,3)12-8-13(18)17(16-12)9-10-5-4-6-11(15)7-10/h4-8,16H,9H2,1-3H3. The summed E-state index contributed by atoms with van der Waals surface area (Å²) in [5.41, 5.74) is 2.01. The van der Waals surface area contributed by atoms with Crippen molar-refractivity contribution in [1.29, 1.82) is 0 Å². The van der Waals surface area contributed by atoms with Crippen molar-refractivity contribution in [2.45, 2.75) is 32.7 Å². The minimum Gasteiger partial charge on any atom is -0.301 e. The smallest absolute Gasteiger partial charge is 0.123 e. The van der Waals surface area contributed by atoms with Crippen LogP contribution in [0.4, 0.5) is 4.39 Å². The molecular formula is C14H17FN2S. The second kappa shape index (κ2) is 4.69. The molecule has 0 bridgehead atoms. The Kier molecular flexibility index (Phi) is 3.39. The monoisotopic (exact) mass is 264 g/mol. The van der Waals surface area contributed by atoms with E-state index in [4.69, 9.17) is 12.2 Å². The fraction of sp³-hybridized carbons (Fsp3) is 0.357. The molecule has 4 heteroatoms. The Labute approximate surface area is 111 Å². The van der Waals surface area contributed by atoms with Gasteiger partial charge in [-0.15, -0.1) is 0 Å². The summed E-state index contributed by atoms with van der Waals surface area (Å²) in [5, 5.41) is 3.28. The van der Waals surface area contributed by atoms with E-state index in [2.05, 4.69) is 25.9 Å². The predicted octanol–water partition coefficient (Wildman–Crippen LogP) is 4.03. The molecule has 0 aliphatic rings. The fourth-order valence-corrected chi connectivity index (χ4v) is 1.98. The summed E-state index contributed by atoms with van der Waals surface area (Å²) in [6.07, 6.45) is 0. The van der Waals surface area contributed by atoms with E-state index < -0.39 is 0 Å². The van der Waals surface area contributed by atoms with Crippen molar-refractivity contribution in [3.63, 3.8) is 0 Å². The first-order valence-electron chi connectivity index (χ1n) is 5.91. The SMILES string of the molecule is CC(C)(C)c1cc(=S)n(Cc2cccc(F)c2)[nH]1. The fourth-order valence-electron chi connectivity index (χ4n) is 1.75. The number of halogens is 1. The molecule has 18 heavy (non-hydrogen) atoms. The summed E-state index contributed by atoms with van der Waals surface area (Å²) in [7, 11) is 0. The molecule has 1 heterocycles. The van der Waals surface area contributed by atoms with E-state index >= 15 is 0 Å². The number of aromatic amines is 1. The van der Waals surface area contributed by atoms with Crippen LogP contribution in [0.1, 0.15) is 32.0 Å². The minimum atomic E-state index is -0.221. The number of benzene rings is 1. The maximum Gasteiger partial charge on any atom is 0.123 e. The van der Waals surface area contributed by atoms with Crippen LogP contribution in [0.3, 0.4) is 0 Å². The summed E-state index contributed by atoms with van der Waals surface area (Å²) < 4.78 is 15.7. The molecule has 1 aromatic heterocycles. The quantitative estimate of drug-likeness (QED) is 0.812. The highest BCUT2D eigenvalue weighted by atomic mass is 32.1. The second-order valence-corrected chi connectivity index (χ2v) is 5.89.